The van der Waals surface area contributed by atoms with Crippen LogP contribution in [-0.2, 0) is 11.3 Å². The zero-order valence-corrected chi connectivity index (χ0v) is 14.3. The molecule has 3 rings (SSSR count). The summed E-state index contributed by atoms with van der Waals surface area (Å²) in [4.78, 5) is 32.4. The van der Waals surface area contributed by atoms with Crippen LogP contribution < -0.4 is 10.6 Å². The number of hydrogen-bond donors (Lipinski definition) is 2. The van der Waals surface area contributed by atoms with Gasteiger partial charge in [0.1, 0.15) is 16.6 Å². The third-order valence-electron chi connectivity index (χ3n) is 3.28. The second-order valence-electron chi connectivity index (χ2n) is 5.19. The topological polar surface area (TPSA) is 97.1 Å². The van der Waals surface area contributed by atoms with Crippen molar-refractivity contribution < 1.29 is 14.0 Å². The van der Waals surface area contributed by atoms with Gasteiger partial charge in [-0.1, -0.05) is 30.0 Å². The van der Waals surface area contributed by atoms with Gasteiger partial charge in [0.2, 0.25) is 5.91 Å². The van der Waals surface area contributed by atoms with Crippen LogP contribution in [0.15, 0.2) is 52.1 Å². The number of aryl methyl sites for hydroxylation is 1. The van der Waals surface area contributed by atoms with Gasteiger partial charge in [-0.25, -0.2) is 14.8 Å². The summed E-state index contributed by atoms with van der Waals surface area (Å²) in [6, 6.07) is 10.5. The minimum absolute atomic E-state index is 0.0780. The summed E-state index contributed by atoms with van der Waals surface area (Å²) in [5.74, 6) is 0.925. The summed E-state index contributed by atoms with van der Waals surface area (Å²) in [7, 11) is 0. The van der Waals surface area contributed by atoms with Crippen LogP contribution in [-0.4, -0.2) is 27.7 Å². The molecule has 0 fully saturated rings. The fourth-order valence-electron chi connectivity index (χ4n) is 2.19. The number of rotatable bonds is 5. The number of carbonyl (C=O) groups is 2. The number of urea groups is 1. The molecule has 8 heteroatoms. The van der Waals surface area contributed by atoms with Crippen LogP contribution in [0.3, 0.4) is 0 Å². The quantitative estimate of drug-likeness (QED) is 0.539. The molecule has 2 aromatic heterocycles. The lowest BCUT2D eigenvalue weighted by Gasteiger charge is -2.07. The molecule has 1 aromatic carbocycles. The molecular weight excluding hydrogens is 340 g/mol. The minimum Gasteiger partial charge on any atom is -0.467 e. The zero-order chi connectivity index (χ0) is 17.6. The van der Waals surface area contributed by atoms with Crippen LogP contribution in [0.25, 0.3) is 10.9 Å². The van der Waals surface area contributed by atoms with E-state index in [4.69, 9.17) is 4.42 Å². The van der Waals surface area contributed by atoms with Crippen LogP contribution >= 0.6 is 11.8 Å². The maximum absolute atomic E-state index is 11.9. The van der Waals surface area contributed by atoms with E-state index in [2.05, 4.69) is 20.6 Å². The molecule has 0 aliphatic heterocycles. The summed E-state index contributed by atoms with van der Waals surface area (Å²) in [6.45, 7) is 2.02. The number of fused-ring (bicyclic) bond motifs is 1. The molecule has 0 radical (unpaired) electrons. The maximum atomic E-state index is 11.9. The summed E-state index contributed by atoms with van der Waals surface area (Å²) >= 11 is 1.27. The molecule has 3 aromatic rings. The Morgan fingerprint density at radius 3 is 2.80 bits per heavy atom. The molecule has 0 saturated carbocycles. The van der Waals surface area contributed by atoms with Gasteiger partial charge in [-0.2, -0.15) is 0 Å². The zero-order valence-electron chi connectivity index (χ0n) is 13.5. The Morgan fingerprint density at radius 1 is 1.16 bits per heavy atom. The number of aromatic nitrogens is 2. The molecule has 0 unspecified atom stereocenters. The highest BCUT2D eigenvalue weighted by molar-refractivity contribution is 8.00. The number of hydrogen-bond acceptors (Lipinski definition) is 6. The largest absolute Gasteiger partial charge is 0.467 e. The predicted octanol–water partition coefficient (Wildman–Crippen LogP) is 2.65. The standard InChI is InChI=1S/C17H16N4O3S/c1-11-19-14-7-3-2-6-13(14)16(20-11)25-10-15(22)21-17(23)18-9-12-5-4-8-24-12/h2-8H,9-10H2,1H3,(H2,18,21,22,23). The molecule has 3 amide bonds. The van der Waals surface area contributed by atoms with Gasteiger partial charge in [-0.15, -0.1) is 0 Å². The van der Waals surface area contributed by atoms with Crippen molar-refractivity contribution in [3.8, 4) is 0 Å². The molecule has 0 aliphatic carbocycles. The Balaban J connectivity index is 1.54. The Hall–Kier alpha value is -2.87. The third-order valence-corrected chi connectivity index (χ3v) is 4.27. The normalized spacial score (nSPS) is 10.6. The van der Waals surface area contributed by atoms with Gasteiger partial charge >= 0.3 is 6.03 Å². The number of furan rings is 1. The van der Waals surface area contributed by atoms with E-state index in [9.17, 15) is 9.59 Å². The third kappa shape index (κ3) is 4.57. The molecule has 0 spiro atoms. The number of para-hydroxylation sites is 1. The summed E-state index contributed by atoms with van der Waals surface area (Å²) < 4.78 is 5.10. The van der Waals surface area contributed by atoms with Crippen molar-refractivity contribution in [3.05, 3.63) is 54.2 Å². The van der Waals surface area contributed by atoms with E-state index in [-0.39, 0.29) is 12.3 Å². The second kappa shape index (κ2) is 7.80. The highest BCUT2D eigenvalue weighted by Crippen LogP contribution is 2.24. The number of carbonyl (C=O) groups excluding carboxylic acids is 2. The maximum Gasteiger partial charge on any atom is 0.321 e. The molecule has 128 valence electrons. The van der Waals surface area contributed by atoms with Crippen LogP contribution in [0.4, 0.5) is 4.79 Å². The number of nitrogens with zero attached hydrogens (tertiary/aromatic N) is 2. The summed E-state index contributed by atoms with van der Waals surface area (Å²) in [6.07, 6.45) is 1.52. The highest BCUT2D eigenvalue weighted by atomic mass is 32.2. The van der Waals surface area contributed by atoms with Gasteiger partial charge in [-0.3, -0.25) is 10.1 Å². The number of thioether (sulfide) groups is 1. The SMILES string of the molecule is Cc1nc(SCC(=O)NC(=O)NCc2ccco2)c2ccccc2n1. The number of benzene rings is 1. The van der Waals surface area contributed by atoms with E-state index in [1.807, 2.05) is 24.3 Å². The van der Waals surface area contributed by atoms with Gasteiger partial charge in [0.05, 0.1) is 24.1 Å². The predicted molar refractivity (Wildman–Crippen MR) is 94.1 cm³/mol. The van der Waals surface area contributed by atoms with Crippen molar-refractivity contribution in [2.45, 2.75) is 18.5 Å². The first-order valence-corrected chi connectivity index (χ1v) is 8.56. The fraction of sp³-hybridized carbons (Fsp3) is 0.176. The molecule has 2 heterocycles. The van der Waals surface area contributed by atoms with Crippen molar-refractivity contribution in [3.63, 3.8) is 0 Å². The van der Waals surface area contributed by atoms with Crippen molar-refractivity contribution in [1.82, 2.24) is 20.6 Å². The second-order valence-corrected chi connectivity index (χ2v) is 6.16. The van der Waals surface area contributed by atoms with Crippen molar-refractivity contribution >= 4 is 34.6 Å². The first-order chi connectivity index (χ1) is 12.1. The molecule has 25 heavy (non-hydrogen) atoms. The molecule has 0 saturated heterocycles. The van der Waals surface area contributed by atoms with Crippen molar-refractivity contribution in [1.29, 1.82) is 0 Å². The lowest BCUT2D eigenvalue weighted by atomic mass is 10.2. The Kier molecular flexibility index (Phi) is 5.30. The number of imide groups is 1. The van der Waals surface area contributed by atoms with Gasteiger partial charge < -0.3 is 9.73 Å². The Labute approximate surface area is 148 Å². The van der Waals surface area contributed by atoms with E-state index >= 15 is 0 Å². The summed E-state index contributed by atoms with van der Waals surface area (Å²) in [5, 5.41) is 6.43. The lowest BCUT2D eigenvalue weighted by molar-refractivity contribution is -0.117. The van der Waals surface area contributed by atoms with Gasteiger partial charge in [-0.05, 0) is 25.1 Å². The van der Waals surface area contributed by atoms with E-state index in [0.717, 1.165) is 10.9 Å². The lowest BCUT2D eigenvalue weighted by Crippen LogP contribution is -2.39. The molecule has 2 N–H and O–H groups in total. The molecular formula is C17H16N4O3S. The molecule has 7 nitrogen and oxygen atoms in total. The molecule has 0 aliphatic rings. The van der Waals surface area contributed by atoms with Crippen molar-refractivity contribution in [2.24, 2.45) is 0 Å². The van der Waals surface area contributed by atoms with Crippen LogP contribution in [0.2, 0.25) is 0 Å². The van der Waals surface area contributed by atoms with Crippen LogP contribution in [0.1, 0.15) is 11.6 Å². The van der Waals surface area contributed by atoms with E-state index in [1.165, 1.54) is 18.0 Å². The van der Waals surface area contributed by atoms with E-state index in [1.54, 1.807) is 19.1 Å². The van der Waals surface area contributed by atoms with Crippen LogP contribution in [0.5, 0.6) is 0 Å². The average molecular weight is 356 g/mol. The van der Waals surface area contributed by atoms with Gasteiger partial charge in [0, 0.05) is 5.39 Å². The number of amides is 3. The van der Waals surface area contributed by atoms with Gasteiger partial charge in [0.25, 0.3) is 0 Å². The average Bonchev–Trinajstić information content (AvgIpc) is 3.11. The first-order valence-electron chi connectivity index (χ1n) is 7.58. The molecule has 0 bridgehead atoms. The smallest absolute Gasteiger partial charge is 0.321 e. The highest BCUT2D eigenvalue weighted by Gasteiger charge is 2.11. The minimum atomic E-state index is -0.564. The Bertz CT molecular complexity index is 896. The van der Waals surface area contributed by atoms with Crippen molar-refractivity contribution in [2.75, 3.05) is 5.75 Å². The van der Waals surface area contributed by atoms with Gasteiger partial charge in [0.15, 0.2) is 0 Å². The molecule has 0 atom stereocenters. The number of nitrogens with one attached hydrogen (secondary N) is 2. The van der Waals surface area contributed by atoms with E-state index < -0.39 is 11.9 Å². The van der Waals surface area contributed by atoms with Crippen LogP contribution in [0, 0.1) is 6.92 Å². The van der Waals surface area contributed by atoms with E-state index in [0.29, 0.717) is 16.6 Å². The monoisotopic (exact) mass is 356 g/mol. The Morgan fingerprint density at radius 2 is 2.00 bits per heavy atom. The first kappa shape index (κ1) is 17.0. The summed E-state index contributed by atoms with van der Waals surface area (Å²) in [5.41, 5.74) is 0.828. The fourth-order valence-corrected chi connectivity index (χ4v) is 3.05.